The van der Waals surface area contributed by atoms with Gasteiger partial charge in [0.25, 0.3) is 5.91 Å². The van der Waals surface area contributed by atoms with Crippen molar-refractivity contribution < 1.29 is 18.0 Å². The standard InChI is InChI=1S/C18H14ClF3N6O/c1-10-8-28-14(25-26-16(28)13-7-23-5-6-24-13)9-27(10)17(29)11-3-2-4-12(15(11)19)18(20,21)22/h2-7,10H,8-9H2,1H3. The maximum Gasteiger partial charge on any atom is 0.417 e. The van der Waals surface area contributed by atoms with Gasteiger partial charge < -0.3 is 9.47 Å². The molecule has 0 fully saturated rings. The largest absolute Gasteiger partial charge is 0.417 e. The van der Waals surface area contributed by atoms with Gasteiger partial charge in [-0.15, -0.1) is 10.2 Å². The molecule has 11 heteroatoms. The molecule has 4 rings (SSSR count). The molecule has 1 atom stereocenters. The zero-order chi connectivity index (χ0) is 20.8. The van der Waals surface area contributed by atoms with Gasteiger partial charge in [0.15, 0.2) is 11.6 Å². The molecule has 0 saturated heterocycles. The monoisotopic (exact) mass is 422 g/mol. The fourth-order valence-corrected chi connectivity index (χ4v) is 3.58. The minimum absolute atomic E-state index is 0.0832. The maximum absolute atomic E-state index is 13.1. The fraction of sp³-hybridized carbons (Fsp3) is 0.278. The van der Waals surface area contributed by atoms with Crippen molar-refractivity contribution in [3.63, 3.8) is 0 Å². The quantitative estimate of drug-likeness (QED) is 0.632. The Balaban J connectivity index is 1.66. The SMILES string of the molecule is CC1Cn2c(nnc2-c2cnccn2)CN1C(=O)c1cccc(C(F)(F)F)c1Cl. The van der Waals surface area contributed by atoms with Crippen molar-refractivity contribution >= 4 is 17.5 Å². The minimum Gasteiger partial charge on any atom is -0.327 e. The van der Waals surface area contributed by atoms with Crippen molar-refractivity contribution in [1.82, 2.24) is 29.6 Å². The van der Waals surface area contributed by atoms with Gasteiger partial charge in [0.2, 0.25) is 0 Å². The number of fused-ring (bicyclic) bond motifs is 1. The van der Waals surface area contributed by atoms with Gasteiger partial charge in [-0.3, -0.25) is 9.78 Å². The highest BCUT2D eigenvalue weighted by Crippen LogP contribution is 2.37. The zero-order valence-electron chi connectivity index (χ0n) is 15.1. The van der Waals surface area contributed by atoms with Gasteiger partial charge in [0.1, 0.15) is 5.69 Å². The molecule has 2 aromatic heterocycles. The molecule has 0 bridgehead atoms. The molecule has 0 saturated carbocycles. The van der Waals surface area contributed by atoms with Gasteiger partial charge in [0, 0.05) is 25.0 Å². The summed E-state index contributed by atoms with van der Waals surface area (Å²) in [7, 11) is 0. The average Bonchev–Trinajstić information content (AvgIpc) is 3.09. The molecule has 1 aliphatic heterocycles. The molecule has 29 heavy (non-hydrogen) atoms. The topological polar surface area (TPSA) is 76.8 Å². The number of carbonyl (C=O) groups excluding carboxylic acids is 1. The summed E-state index contributed by atoms with van der Waals surface area (Å²) in [6, 6.07) is 2.98. The number of aromatic nitrogens is 5. The number of nitrogens with zero attached hydrogens (tertiary/aromatic N) is 6. The van der Waals surface area contributed by atoms with Crippen molar-refractivity contribution in [3.8, 4) is 11.5 Å². The van der Waals surface area contributed by atoms with Crippen molar-refractivity contribution in [2.24, 2.45) is 0 Å². The second kappa shape index (κ2) is 7.11. The number of amides is 1. The minimum atomic E-state index is -4.65. The summed E-state index contributed by atoms with van der Waals surface area (Å²) in [5.74, 6) is 0.424. The molecule has 0 N–H and O–H groups in total. The fourth-order valence-electron chi connectivity index (χ4n) is 3.26. The first kappa shape index (κ1) is 19.3. The van der Waals surface area contributed by atoms with E-state index in [2.05, 4.69) is 20.2 Å². The van der Waals surface area contributed by atoms with Crippen LogP contribution in [0.15, 0.2) is 36.8 Å². The molecular formula is C18H14ClF3N6O. The first-order chi connectivity index (χ1) is 13.8. The normalized spacial score (nSPS) is 16.6. The molecule has 0 radical (unpaired) electrons. The van der Waals surface area contributed by atoms with Crippen LogP contribution in [0.5, 0.6) is 0 Å². The Morgan fingerprint density at radius 3 is 2.72 bits per heavy atom. The predicted octanol–water partition coefficient (Wildman–Crippen LogP) is 3.45. The van der Waals surface area contributed by atoms with E-state index >= 15 is 0 Å². The molecule has 3 heterocycles. The van der Waals surface area contributed by atoms with E-state index in [1.165, 1.54) is 23.2 Å². The third-order valence-electron chi connectivity index (χ3n) is 4.71. The number of alkyl halides is 3. The highest BCUT2D eigenvalue weighted by molar-refractivity contribution is 6.34. The Morgan fingerprint density at radius 1 is 1.24 bits per heavy atom. The Kier molecular flexibility index (Phi) is 4.73. The van der Waals surface area contributed by atoms with Crippen LogP contribution in [0, 0.1) is 0 Å². The third-order valence-corrected chi connectivity index (χ3v) is 5.11. The lowest BCUT2D eigenvalue weighted by Crippen LogP contribution is -2.45. The molecule has 1 amide bonds. The van der Waals surface area contributed by atoms with Crippen LogP contribution in [-0.2, 0) is 19.3 Å². The van der Waals surface area contributed by atoms with Crippen LogP contribution in [0.25, 0.3) is 11.5 Å². The second-order valence-electron chi connectivity index (χ2n) is 6.59. The van der Waals surface area contributed by atoms with E-state index < -0.39 is 22.7 Å². The van der Waals surface area contributed by atoms with Gasteiger partial charge in [-0.2, -0.15) is 13.2 Å². The number of hydrogen-bond donors (Lipinski definition) is 0. The number of rotatable bonds is 2. The van der Waals surface area contributed by atoms with Gasteiger partial charge in [-0.25, -0.2) is 4.98 Å². The molecule has 3 aromatic rings. The zero-order valence-corrected chi connectivity index (χ0v) is 15.8. The van der Waals surface area contributed by atoms with E-state index in [0.29, 0.717) is 23.9 Å². The van der Waals surface area contributed by atoms with E-state index in [4.69, 9.17) is 11.6 Å². The first-order valence-corrected chi connectivity index (χ1v) is 9.00. The van der Waals surface area contributed by atoms with Crippen LogP contribution in [0.1, 0.15) is 28.7 Å². The van der Waals surface area contributed by atoms with Crippen molar-refractivity contribution in [2.75, 3.05) is 0 Å². The Morgan fingerprint density at radius 2 is 2.03 bits per heavy atom. The lowest BCUT2D eigenvalue weighted by atomic mass is 10.1. The third kappa shape index (κ3) is 3.44. The molecule has 7 nitrogen and oxygen atoms in total. The summed E-state index contributed by atoms with van der Waals surface area (Å²) < 4.78 is 41.2. The van der Waals surface area contributed by atoms with Gasteiger partial charge in [-0.05, 0) is 19.1 Å². The van der Waals surface area contributed by atoms with Gasteiger partial charge in [-0.1, -0.05) is 17.7 Å². The van der Waals surface area contributed by atoms with Crippen LogP contribution < -0.4 is 0 Å². The summed E-state index contributed by atoms with van der Waals surface area (Å²) in [4.78, 5) is 22.7. The summed E-state index contributed by atoms with van der Waals surface area (Å²) in [5, 5.41) is 7.64. The van der Waals surface area contributed by atoms with E-state index in [-0.39, 0.29) is 18.2 Å². The van der Waals surface area contributed by atoms with Crippen molar-refractivity contribution in [1.29, 1.82) is 0 Å². The Bertz CT molecular complexity index is 1070. The Labute approximate surface area is 168 Å². The van der Waals surface area contributed by atoms with E-state index in [9.17, 15) is 18.0 Å². The maximum atomic E-state index is 13.1. The van der Waals surface area contributed by atoms with Gasteiger partial charge in [0.05, 0.1) is 28.9 Å². The summed E-state index contributed by atoms with van der Waals surface area (Å²) in [6.45, 7) is 2.24. The summed E-state index contributed by atoms with van der Waals surface area (Å²) in [5.41, 5.74) is -0.697. The first-order valence-electron chi connectivity index (χ1n) is 8.62. The predicted molar refractivity (Wildman–Crippen MR) is 96.8 cm³/mol. The number of hydrogen-bond acceptors (Lipinski definition) is 5. The lowest BCUT2D eigenvalue weighted by Gasteiger charge is -2.34. The van der Waals surface area contributed by atoms with Crippen molar-refractivity contribution in [2.45, 2.75) is 32.2 Å². The molecule has 150 valence electrons. The van der Waals surface area contributed by atoms with Crippen LogP contribution in [0.3, 0.4) is 0 Å². The number of benzene rings is 1. The molecular weight excluding hydrogens is 409 g/mol. The summed E-state index contributed by atoms with van der Waals surface area (Å²) >= 11 is 5.92. The highest BCUT2D eigenvalue weighted by atomic mass is 35.5. The lowest BCUT2D eigenvalue weighted by molar-refractivity contribution is -0.137. The van der Waals surface area contributed by atoms with Crippen LogP contribution in [0.4, 0.5) is 13.2 Å². The molecule has 1 aliphatic rings. The molecule has 1 unspecified atom stereocenters. The molecule has 1 aromatic carbocycles. The number of carbonyl (C=O) groups is 1. The smallest absolute Gasteiger partial charge is 0.327 e. The summed E-state index contributed by atoms with van der Waals surface area (Å²) in [6.07, 6.45) is -0.0118. The van der Waals surface area contributed by atoms with Crippen LogP contribution in [0.2, 0.25) is 5.02 Å². The average molecular weight is 423 g/mol. The van der Waals surface area contributed by atoms with Crippen molar-refractivity contribution in [3.05, 3.63) is 58.8 Å². The highest BCUT2D eigenvalue weighted by Gasteiger charge is 2.37. The number of halogens is 4. The second-order valence-corrected chi connectivity index (χ2v) is 6.97. The van der Waals surface area contributed by atoms with Crippen LogP contribution >= 0.6 is 11.6 Å². The van der Waals surface area contributed by atoms with E-state index in [1.54, 1.807) is 19.3 Å². The van der Waals surface area contributed by atoms with E-state index in [0.717, 1.165) is 6.07 Å². The van der Waals surface area contributed by atoms with Gasteiger partial charge >= 0.3 is 6.18 Å². The molecule has 0 spiro atoms. The molecule has 0 aliphatic carbocycles. The van der Waals surface area contributed by atoms with E-state index in [1.807, 2.05) is 4.57 Å². The Hall–Kier alpha value is -3.01. The van der Waals surface area contributed by atoms with Crippen LogP contribution in [-0.4, -0.2) is 41.6 Å².